The van der Waals surface area contributed by atoms with Crippen LogP contribution in [-0.4, -0.2) is 30.5 Å². The smallest absolute Gasteiger partial charge is 0.364 e. The Morgan fingerprint density at radius 3 is 2.62 bits per heavy atom. The van der Waals surface area contributed by atoms with Crippen LogP contribution in [0.15, 0.2) is 18.2 Å². The van der Waals surface area contributed by atoms with E-state index in [0.717, 1.165) is 12.1 Å². The van der Waals surface area contributed by atoms with Crippen molar-refractivity contribution in [2.45, 2.75) is 12.6 Å². The zero-order valence-corrected chi connectivity index (χ0v) is 10.8. The van der Waals surface area contributed by atoms with Gasteiger partial charge in [-0.25, -0.2) is 0 Å². The Balaban J connectivity index is 2.38. The molecule has 1 fully saturated rings. The molecule has 1 aliphatic rings. The summed E-state index contributed by atoms with van der Waals surface area (Å²) in [5.41, 5.74) is -1.59. The standard InChI is InChI=1S/C12H12F3N3O3/c13-12(14,15)8-1-2-9(10(7-8)18(20)21)17-5-3-11(19)16-4-6-17/h1-2,7H,3-6H2,(H,16,19). The third kappa shape index (κ3) is 3.41. The fraction of sp³-hybridized carbons (Fsp3) is 0.417. The van der Waals surface area contributed by atoms with Gasteiger partial charge < -0.3 is 10.2 Å². The number of halogens is 3. The van der Waals surface area contributed by atoms with Gasteiger partial charge in [0.2, 0.25) is 5.91 Å². The number of anilines is 1. The monoisotopic (exact) mass is 303 g/mol. The molecule has 9 heteroatoms. The van der Waals surface area contributed by atoms with Gasteiger partial charge in [-0.3, -0.25) is 14.9 Å². The van der Waals surface area contributed by atoms with Gasteiger partial charge in [0.15, 0.2) is 0 Å². The van der Waals surface area contributed by atoms with Crippen LogP contribution < -0.4 is 10.2 Å². The number of nitrogens with zero attached hydrogens (tertiary/aromatic N) is 2. The van der Waals surface area contributed by atoms with Crippen LogP contribution in [0, 0.1) is 10.1 Å². The van der Waals surface area contributed by atoms with E-state index in [1.165, 1.54) is 4.90 Å². The minimum absolute atomic E-state index is 0.0875. The largest absolute Gasteiger partial charge is 0.416 e. The summed E-state index contributed by atoms with van der Waals surface area (Å²) >= 11 is 0. The summed E-state index contributed by atoms with van der Waals surface area (Å²) in [4.78, 5) is 23.0. The second-order valence-electron chi connectivity index (χ2n) is 4.55. The molecule has 1 saturated heterocycles. The molecule has 0 aromatic heterocycles. The highest BCUT2D eigenvalue weighted by Gasteiger charge is 2.34. The summed E-state index contributed by atoms with van der Waals surface area (Å²) in [5, 5.41) is 13.6. The van der Waals surface area contributed by atoms with E-state index in [1.807, 2.05) is 0 Å². The highest BCUT2D eigenvalue weighted by molar-refractivity contribution is 5.77. The number of nitrogens with one attached hydrogen (secondary N) is 1. The van der Waals surface area contributed by atoms with Gasteiger partial charge in [-0.1, -0.05) is 0 Å². The van der Waals surface area contributed by atoms with Crippen LogP contribution in [-0.2, 0) is 11.0 Å². The fourth-order valence-electron chi connectivity index (χ4n) is 2.12. The molecule has 2 rings (SSSR count). The lowest BCUT2D eigenvalue weighted by atomic mass is 10.1. The Morgan fingerprint density at radius 2 is 2.00 bits per heavy atom. The molecule has 1 aliphatic heterocycles. The lowest BCUT2D eigenvalue weighted by molar-refractivity contribution is -0.384. The molecule has 1 aromatic carbocycles. The lowest BCUT2D eigenvalue weighted by Gasteiger charge is -2.22. The minimum atomic E-state index is -4.64. The van der Waals surface area contributed by atoms with Crippen LogP contribution in [0.3, 0.4) is 0 Å². The molecule has 0 atom stereocenters. The number of carbonyl (C=O) groups is 1. The number of amides is 1. The summed E-state index contributed by atoms with van der Waals surface area (Å²) < 4.78 is 37.9. The van der Waals surface area contributed by atoms with Gasteiger partial charge in [0, 0.05) is 32.1 Å². The number of hydrogen-bond donors (Lipinski definition) is 1. The molecule has 0 bridgehead atoms. The quantitative estimate of drug-likeness (QED) is 0.669. The van der Waals surface area contributed by atoms with Crippen LogP contribution in [0.4, 0.5) is 24.5 Å². The molecule has 0 unspecified atom stereocenters. The van der Waals surface area contributed by atoms with Crippen molar-refractivity contribution >= 4 is 17.3 Å². The fourth-order valence-corrected chi connectivity index (χ4v) is 2.12. The van der Waals surface area contributed by atoms with E-state index < -0.39 is 22.4 Å². The predicted octanol–water partition coefficient (Wildman–Crippen LogP) is 1.94. The summed E-state index contributed by atoms with van der Waals surface area (Å²) in [6.45, 7) is 0.812. The van der Waals surface area contributed by atoms with Crippen molar-refractivity contribution in [3.8, 4) is 0 Å². The highest BCUT2D eigenvalue weighted by atomic mass is 19.4. The Kier molecular flexibility index (Phi) is 4.01. The van der Waals surface area contributed by atoms with Crippen molar-refractivity contribution in [2.75, 3.05) is 24.5 Å². The molecule has 114 valence electrons. The normalized spacial score (nSPS) is 16.3. The summed E-state index contributed by atoms with van der Waals surface area (Å²) in [5.74, 6) is -0.188. The summed E-state index contributed by atoms with van der Waals surface area (Å²) in [6.07, 6.45) is -4.50. The molecule has 0 spiro atoms. The first kappa shape index (κ1) is 15.1. The van der Waals surface area contributed by atoms with Crippen molar-refractivity contribution in [3.63, 3.8) is 0 Å². The first-order chi connectivity index (χ1) is 9.79. The van der Waals surface area contributed by atoms with Gasteiger partial charge in [-0.05, 0) is 12.1 Å². The average molecular weight is 303 g/mol. The van der Waals surface area contributed by atoms with Crippen LogP contribution in [0.1, 0.15) is 12.0 Å². The number of rotatable bonds is 2. The Labute approximate surface area is 117 Å². The maximum absolute atomic E-state index is 12.6. The number of nitro groups is 1. The Hall–Kier alpha value is -2.32. The maximum atomic E-state index is 12.6. The third-order valence-electron chi connectivity index (χ3n) is 3.15. The molecule has 0 radical (unpaired) electrons. The lowest BCUT2D eigenvalue weighted by Crippen LogP contribution is -2.29. The first-order valence-electron chi connectivity index (χ1n) is 6.16. The number of carbonyl (C=O) groups excluding carboxylic acids is 1. The van der Waals surface area contributed by atoms with Crippen molar-refractivity contribution in [1.29, 1.82) is 0 Å². The second-order valence-corrected chi connectivity index (χ2v) is 4.55. The van der Waals surface area contributed by atoms with Gasteiger partial charge >= 0.3 is 6.18 Å². The van der Waals surface area contributed by atoms with Crippen LogP contribution in [0.25, 0.3) is 0 Å². The summed E-state index contributed by atoms with van der Waals surface area (Å²) in [7, 11) is 0. The molecule has 1 N–H and O–H groups in total. The average Bonchev–Trinajstić information content (AvgIpc) is 2.61. The predicted molar refractivity (Wildman–Crippen MR) is 67.9 cm³/mol. The van der Waals surface area contributed by atoms with Gasteiger partial charge in [0.1, 0.15) is 5.69 Å². The van der Waals surface area contributed by atoms with E-state index in [4.69, 9.17) is 0 Å². The number of alkyl halides is 3. The van der Waals surface area contributed by atoms with Crippen molar-refractivity contribution in [1.82, 2.24) is 5.32 Å². The SMILES string of the molecule is O=C1CCN(c2ccc(C(F)(F)F)cc2[N+](=O)[O-])CCN1. The topological polar surface area (TPSA) is 75.5 Å². The van der Waals surface area contributed by atoms with Crippen molar-refractivity contribution in [2.24, 2.45) is 0 Å². The molecule has 21 heavy (non-hydrogen) atoms. The molecule has 6 nitrogen and oxygen atoms in total. The van der Waals surface area contributed by atoms with E-state index in [1.54, 1.807) is 0 Å². The number of hydrogen-bond acceptors (Lipinski definition) is 4. The van der Waals surface area contributed by atoms with Crippen molar-refractivity contribution < 1.29 is 22.9 Å². The molecule has 0 saturated carbocycles. The maximum Gasteiger partial charge on any atom is 0.416 e. The Bertz CT molecular complexity index is 575. The van der Waals surface area contributed by atoms with Crippen LogP contribution >= 0.6 is 0 Å². The minimum Gasteiger partial charge on any atom is -0.364 e. The summed E-state index contributed by atoms with van der Waals surface area (Å²) in [6, 6.07) is 2.41. The van der Waals surface area contributed by atoms with E-state index in [9.17, 15) is 28.1 Å². The van der Waals surface area contributed by atoms with Crippen molar-refractivity contribution in [3.05, 3.63) is 33.9 Å². The van der Waals surface area contributed by atoms with E-state index in [2.05, 4.69) is 5.32 Å². The van der Waals surface area contributed by atoms with Crippen LogP contribution in [0.2, 0.25) is 0 Å². The molecule has 0 aliphatic carbocycles. The molecular formula is C12H12F3N3O3. The molecular weight excluding hydrogens is 291 g/mol. The zero-order chi connectivity index (χ0) is 15.6. The van der Waals surface area contributed by atoms with Gasteiger partial charge in [0.05, 0.1) is 10.5 Å². The molecule has 1 amide bonds. The molecule has 1 heterocycles. The number of benzene rings is 1. The third-order valence-corrected chi connectivity index (χ3v) is 3.15. The van der Waals surface area contributed by atoms with Gasteiger partial charge in [0.25, 0.3) is 5.69 Å². The van der Waals surface area contributed by atoms with E-state index in [0.29, 0.717) is 12.6 Å². The van der Waals surface area contributed by atoms with E-state index in [-0.39, 0.29) is 31.1 Å². The zero-order valence-electron chi connectivity index (χ0n) is 10.8. The van der Waals surface area contributed by atoms with Gasteiger partial charge in [-0.2, -0.15) is 13.2 Å². The molecule has 1 aromatic rings. The van der Waals surface area contributed by atoms with Gasteiger partial charge in [-0.15, -0.1) is 0 Å². The number of nitro benzene ring substituents is 1. The Morgan fingerprint density at radius 1 is 1.29 bits per heavy atom. The van der Waals surface area contributed by atoms with Crippen LogP contribution in [0.5, 0.6) is 0 Å². The highest BCUT2D eigenvalue weighted by Crippen LogP contribution is 2.36. The first-order valence-corrected chi connectivity index (χ1v) is 6.16. The second kappa shape index (κ2) is 5.58. The van der Waals surface area contributed by atoms with E-state index >= 15 is 0 Å².